The van der Waals surface area contributed by atoms with Gasteiger partial charge >= 0.3 is 0 Å². The maximum absolute atomic E-state index is 13.7. The van der Waals surface area contributed by atoms with E-state index < -0.39 is 0 Å². The molecule has 1 atom stereocenters. The molecule has 0 aliphatic heterocycles. The first-order valence-corrected chi connectivity index (χ1v) is 7.48. The van der Waals surface area contributed by atoms with Crippen molar-refractivity contribution in [3.05, 3.63) is 28.9 Å². The standard InChI is InChI=1S/C15H19FN2OS/c1-8(2)9(3)7-18-15(19)14-13(17)12-10(16)5-4-6-11(12)20-14/h4-6,8-9H,7,17H2,1-3H3,(H,18,19). The summed E-state index contributed by atoms with van der Waals surface area (Å²) in [5, 5.41) is 3.22. The Bertz CT molecular complexity index is 636. The molecule has 20 heavy (non-hydrogen) atoms. The third kappa shape index (κ3) is 2.77. The highest BCUT2D eigenvalue weighted by atomic mass is 32.1. The number of hydrogen-bond donors (Lipinski definition) is 2. The summed E-state index contributed by atoms with van der Waals surface area (Å²) in [7, 11) is 0. The van der Waals surface area contributed by atoms with E-state index in [2.05, 4.69) is 26.1 Å². The van der Waals surface area contributed by atoms with E-state index in [1.54, 1.807) is 12.1 Å². The van der Waals surface area contributed by atoms with Gasteiger partial charge in [-0.25, -0.2) is 4.39 Å². The second-order valence-corrected chi connectivity index (χ2v) is 6.44. The summed E-state index contributed by atoms with van der Waals surface area (Å²) in [6.07, 6.45) is 0. The smallest absolute Gasteiger partial charge is 0.263 e. The molecule has 1 heterocycles. The molecule has 2 rings (SSSR count). The van der Waals surface area contributed by atoms with Gasteiger partial charge in [-0.15, -0.1) is 11.3 Å². The monoisotopic (exact) mass is 294 g/mol. The van der Waals surface area contributed by atoms with Gasteiger partial charge in [-0.1, -0.05) is 26.8 Å². The first kappa shape index (κ1) is 14.8. The minimum atomic E-state index is -0.383. The molecule has 0 spiro atoms. The van der Waals surface area contributed by atoms with Gasteiger partial charge in [0.2, 0.25) is 0 Å². The van der Waals surface area contributed by atoms with Gasteiger partial charge in [0.15, 0.2) is 0 Å². The molecule has 3 N–H and O–H groups in total. The van der Waals surface area contributed by atoms with E-state index in [1.165, 1.54) is 17.4 Å². The molecule has 0 saturated carbocycles. The Morgan fingerprint density at radius 2 is 2.10 bits per heavy atom. The molecular formula is C15H19FN2OS. The van der Waals surface area contributed by atoms with Crippen LogP contribution in [0, 0.1) is 17.7 Å². The fraction of sp³-hybridized carbons (Fsp3) is 0.400. The lowest BCUT2D eigenvalue weighted by Gasteiger charge is -2.15. The number of anilines is 1. The molecule has 3 nitrogen and oxygen atoms in total. The second kappa shape index (κ2) is 5.79. The number of carbonyl (C=O) groups excluding carboxylic acids is 1. The van der Waals surface area contributed by atoms with Gasteiger partial charge in [0, 0.05) is 11.2 Å². The Morgan fingerprint density at radius 3 is 2.70 bits per heavy atom. The lowest BCUT2D eigenvalue weighted by atomic mass is 9.98. The fourth-order valence-corrected chi connectivity index (χ4v) is 2.92. The molecule has 1 unspecified atom stereocenters. The predicted molar refractivity (Wildman–Crippen MR) is 82.5 cm³/mol. The molecule has 0 fully saturated rings. The van der Waals surface area contributed by atoms with Crippen molar-refractivity contribution in [1.82, 2.24) is 5.32 Å². The van der Waals surface area contributed by atoms with Crippen LogP contribution in [0.3, 0.4) is 0 Å². The number of nitrogens with one attached hydrogen (secondary N) is 1. The second-order valence-electron chi connectivity index (χ2n) is 5.39. The SMILES string of the molecule is CC(C)C(C)CNC(=O)c1sc2cccc(F)c2c1N. The number of nitrogens with two attached hydrogens (primary N) is 1. The maximum atomic E-state index is 13.7. The number of carbonyl (C=O) groups is 1. The Balaban J connectivity index is 2.23. The third-order valence-electron chi connectivity index (χ3n) is 3.63. The number of nitrogen functional groups attached to an aromatic ring is 1. The molecule has 108 valence electrons. The Labute approximate surface area is 122 Å². The summed E-state index contributed by atoms with van der Waals surface area (Å²) in [5.74, 6) is 0.264. The van der Waals surface area contributed by atoms with E-state index in [0.717, 1.165) is 0 Å². The third-order valence-corrected chi connectivity index (χ3v) is 4.80. The van der Waals surface area contributed by atoms with E-state index in [4.69, 9.17) is 5.73 Å². The van der Waals surface area contributed by atoms with Crippen LogP contribution >= 0.6 is 11.3 Å². The largest absolute Gasteiger partial charge is 0.397 e. The normalized spacial score (nSPS) is 12.8. The molecule has 1 aromatic heterocycles. The Morgan fingerprint density at radius 1 is 1.40 bits per heavy atom. The van der Waals surface area contributed by atoms with Gasteiger partial charge in [-0.05, 0) is 24.0 Å². The Kier molecular flexibility index (Phi) is 4.28. The first-order chi connectivity index (χ1) is 9.41. The van der Waals surface area contributed by atoms with E-state index in [1.807, 2.05) is 0 Å². The summed E-state index contributed by atoms with van der Waals surface area (Å²) in [6.45, 7) is 6.89. The van der Waals surface area contributed by atoms with Crippen LogP contribution in [0.15, 0.2) is 18.2 Å². The van der Waals surface area contributed by atoms with Crippen LogP contribution in [0.5, 0.6) is 0 Å². The molecule has 5 heteroatoms. The molecule has 0 radical (unpaired) electrons. The average Bonchev–Trinajstić information content (AvgIpc) is 2.74. The number of rotatable bonds is 4. The summed E-state index contributed by atoms with van der Waals surface area (Å²) in [4.78, 5) is 12.6. The number of amides is 1. The molecule has 0 aliphatic carbocycles. The van der Waals surface area contributed by atoms with Crippen molar-refractivity contribution < 1.29 is 9.18 Å². The molecule has 1 amide bonds. The van der Waals surface area contributed by atoms with Crippen LogP contribution in [-0.4, -0.2) is 12.5 Å². The lowest BCUT2D eigenvalue weighted by Crippen LogP contribution is -2.30. The molecule has 1 aromatic carbocycles. The van der Waals surface area contributed by atoms with E-state index in [9.17, 15) is 9.18 Å². The zero-order chi connectivity index (χ0) is 14.9. The van der Waals surface area contributed by atoms with Crippen LogP contribution < -0.4 is 11.1 Å². The van der Waals surface area contributed by atoms with Gasteiger partial charge in [-0.2, -0.15) is 0 Å². The lowest BCUT2D eigenvalue weighted by molar-refractivity contribution is 0.0950. The summed E-state index contributed by atoms with van der Waals surface area (Å²) < 4.78 is 14.4. The van der Waals surface area contributed by atoms with Crippen LogP contribution in [0.2, 0.25) is 0 Å². The first-order valence-electron chi connectivity index (χ1n) is 6.66. The van der Waals surface area contributed by atoms with Crippen LogP contribution in [-0.2, 0) is 0 Å². The van der Waals surface area contributed by atoms with Gasteiger partial charge < -0.3 is 11.1 Å². The number of hydrogen-bond acceptors (Lipinski definition) is 3. The highest BCUT2D eigenvalue weighted by Gasteiger charge is 2.19. The van der Waals surface area contributed by atoms with E-state index >= 15 is 0 Å². The molecule has 2 aromatic rings. The summed E-state index contributed by atoms with van der Waals surface area (Å²) in [5.41, 5.74) is 6.15. The van der Waals surface area contributed by atoms with Gasteiger partial charge in [-0.3, -0.25) is 4.79 Å². The van der Waals surface area contributed by atoms with Crippen molar-refractivity contribution in [1.29, 1.82) is 0 Å². The van der Waals surface area contributed by atoms with E-state index in [0.29, 0.717) is 33.3 Å². The number of benzene rings is 1. The van der Waals surface area contributed by atoms with Crippen LogP contribution in [0.1, 0.15) is 30.4 Å². The van der Waals surface area contributed by atoms with Crippen LogP contribution in [0.25, 0.3) is 10.1 Å². The number of fused-ring (bicyclic) bond motifs is 1. The number of thiophene rings is 1. The maximum Gasteiger partial charge on any atom is 0.263 e. The van der Waals surface area contributed by atoms with Crippen molar-refractivity contribution in [3.8, 4) is 0 Å². The molecular weight excluding hydrogens is 275 g/mol. The topological polar surface area (TPSA) is 55.1 Å². The predicted octanol–water partition coefficient (Wildman–Crippen LogP) is 3.64. The highest BCUT2D eigenvalue weighted by molar-refractivity contribution is 7.21. The van der Waals surface area contributed by atoms with Crippen molar-refractivity contribution in [3.63, 3.8) is 0 Å². The minimum absolute atomic E-state index is 0.226. The molecule has 0 saturated heterocycles. The molecule has 0 bridgehead atoms. The fourth-order valence-electron chi connectivity index (χ4n) is 1.87. The van der Waals surface area contributed by atoms with Gasteiger partial charge in [0.05, 0.1) is 11.1 Å². The highest BCUT2D eigenvalue weighted by Crippen LogP contribution is 2.35. The van der Waals surface area contributed by atoms with Crippen LogP contribution in [0.4, 0.5) is 10.1 Å². The molecule has 0 aliphatic rings. The minimum Gasteiger partial charge on any atom is -0.397 e. The number of halogens is 1. The van der Waals surface area contributed by atoms with Gasteiger partial charge in [0.25, 0.3) is 5.91 Å². The zero-order valence-corrected chi connectivity index (χ0v) is 12.7. The quantitative estimate of drug-likeness (QED) is 0.904. The zero-order valence-electron chi connectivity index (χ0n) is 11.9. The summed E-state index contributed by atoms with van der Waals surface area (Å²) >= 11 is 1.23. The van der Waals surface area contributed by atoms with Gasteiger partial charge in [0.1, 0.15) is 10.7 Å². The van der Waals surface area contributed by atoms with Crippen molar-refractivity contribution in [2.24, 2.45) is 11.8 Å². The average molecular weight is 294 g/mol. The van der Waals surface area contributed by atoms with Crippen molar-refractivity contribution in [2.75, 3.05) is 12.3 Å². The Hall–Kier alpha value is -1.62. The van der Waals surface area contributed by atoms with Crippen molar-refractivity contribution in [2.45, 2.75) is 20.8 Å². The van der Waals surface area contributed by atoms with Crippen molar-refractivity contribution >= 4 is 33.0 Å². The summed E-state index contributed by atoms with van der Waals surface area (Å²) in [6, 6.07) is 4.75. The van der Waals surface area contributed by atoms with E-state index in [-0.39, 0.29) is 17.4 Å².